The summed E-state index contributed by atoms with van der Waals surface area (Å²) < 4.78 is 31.6. The normalized spacial score (nSPS) is 19.4. The van der Waals surface area contributed by atoms with Crippen molar-refractivity contribution in [1.82, 2.24) is 0 Å². The van der Waals surface area contributed by atoms with E-state index in [2.05, 4.69) is 0 Å². The Morgan fingerprint density at radius 2 is 2.22 bits per heavy atom. The number of halogens is 2. The quantitative estimate of drug-likeness (QED) is 0.888. The molecule has 0 bridgehead atoms. The van der Waals surface area contributed by atoms with E-state index < -0.39 is 11.6 Å². The Kier molecular flexibility index (Phi) is 3.47. The third-order valence-electron chi connectivity index (χ3n) is 2.95. The molecule has 1 aliphatic heterocycles. The summed E-state index contributed by atoms with van der Waals surface area (Å²) in [5.41, 5.74) is 0.0657. The average molecular weight is 257 g/mol. The lowest BCUT2D eigenvalue weighted by Gasteiger charge is -2.19. The predicted molar refractivity (Wildman–Crippen MR) is 60.5 cm³/mol. The fourth-order valence-corrected chi connectivity index (χ4v) is 2.09. The highest BCUT2D eigenvalue weighted by Gasteiger charge is 2.32. The van der Waals surface area contributed by atoms with Crippen molar-refractivity contribution in [3.8, 4) is 5.75 Å². The van der Waals surface area contributed by atoms with Crippen LogP contribution in [-0.2, 0) is 4.79 Å². The molecule has 4 nitrogen and oxygen atoms in total. The van der Waals surface area contributed by atoms with Crippen molar-refractivity contribution in [1.29, 1.82) is 0 Å². The van der Waals surface area contributed by atoms with Gasteiger partial charge in [-0.1, -0.05) is 0 Å². The van der Waals surface area contributed by atoms with Gasteiger partial charge in [-0.25, -0.2) is 8.78 Å². The van der Waals surface area contributed by atoms with Crippen LogP contribution >= 0.6 is 0 Å². The summed E-state index contributed by atoms with van der Waals surface area (Å²) in [4.78, 5) is 13.0. The molecule has 0 spiro atoms. The summed E-state index contributed by atoms with van der Waals surface area (Å²) in [6.45, 7) is 0.0942. The lowest BCUT2D eigenvalue weighted by molar-refractivity contribution is -0.117. The number of carbonyl (C=O) groups excluding carboxylic acids is 1. The zero-order valence-corrected chi connectivity index (χ0v) is 9.82. The summed E-state index contributed by atoms with van der Waals surface area (Å²) >= 11 is 0. The Morgan fingerprint density at radius 3 is 2.78 bits per heavy atom. The van der Waals surface area contributed by atoms with Crippen molar-refractivity contribution < 1.29 is 23.4 Å². The van der Waals surface area contributed by atoms with Gasteiger partial charge in [0.25, 0.3) is 0 Å². The number of hydrogen-bond donors (Lipinski definition) is 1. The molecule has 18 heavy (non-hydrogen) atoms. The topological polar surface area (TPSA) is 49.8 Å². The number of nitrogens with zero attached hydrogens (tertiary/aromatic N) is 1. The first-order valence-corrected chi connectivity index (χ1v) is 5.51. The van der Waals surface area contributed by atoms with E-state index in [0.717, 1.165) is 6.07 Å². The van der Waals surface area contributed by atoms with E-state index in [4.69, 9.17) is 9.84 Å². The van der Waals surface area contributed by atoms with Gasteiger partial charge < -0.3 is 14.7 Å². The minimum absolute atomic E-state index is 0.0657. The molecule has 98 valence electrons. The highest BCUT2D eigenvalue weighted by Crippen LogP contribution is 2.35. The Balaban J connectivity index is 2.41. The molecule has 1 amide bonds. The van der Waals surface area contributed by atoms with Crippen molar-refractivity contribution in [2.24, 2.45) is 5.92 Å². The molecule has 0 aliphatic carbocycles. The third kappa shape index (κ3) is 2.15. The van der Waals surface area contributed by atoms with Crippen LogP contribution in [0.4, 0.5) is 14.5 Å². The van der Waals surface area contributed by atoms with Gasteiger partial charge in [0.15, 0.2) is 11.6 Å². The standard InChI is InChI=1S/C12H13F2NO3/c1-18-12-9(14)3-8(13)4-10(12)15-5-7(6-16)2-11(15)17/h3-4,7,16H,2,5-6H2,1H3. The van der Waals surface area contributed by atoms with Gasteiger partial charge >= 0.3 is 0 Å². The summed E-state index contributed by atoms with van der Waals surface area (Å²) in [5.74, 6) is -2.29. The minimum atomic E-state index is -0.854. The Hall–Kier alpha value is -1.69. The Bertz CT molecular complexity index is 479. The van der Waals surface area contributed by atoms with E-state index in [1.165, 1.54) is 12.0 Å². The fraction of sp³-hybridized carbons (Fsp3) is 0.417. The zero-order valence-electron chi connectivity index (χ0n) is 9.82. The molecule has 1 aromatic rings. The number of methoxy groups -OCH3 is 1. The Labute approximate surface area is 103 Å². The largest absolute Gasteiger partial charge is 0.492 e. The maximum absolute atomic E-state index is 13.5. The van der Waals surface area contributed by atoms with Crippen LogP contribution in [0.2, 0.25) is 0 Å². The minimum Gasteiger partial charge on any atom is -0.492 e. The van der Waals surface area contributed by atoms with Crippen LogP contribution in [0.15, 0.2) is 12.1 Å². The highest BCUT2D eigenvalue weighted by molar-refractivity contribution is 5.97. The molecule has 1 unspecified atom stereocenters. The monoisotopic (exact) mass is 257 g/mol. The van der Waals surface area contributed by atoms with Crippen molar-refractivity contribution in [3.63, 3.8) is 0 Å². The Morgan fingerprint density at radius 1 is 1.50 bits per heavy atom. The lowest BCUT2D eigenvalue weighted by atomic mass is 10.1. The van der Waals surface area contributed by atoms with E-state index in [-0.39, 0.29) is 42.8 Å². The predicted octanol–water partition coefficient (Wildman–Crippen LogP) is 1.32. The van der Waals surface area contributed by atoms with Crippen LogP contribution in [0.3, 0.4) is 0 Å². The van der Waals surface area contributed by atoms with E-state index in [9.17, 15) is 13.6 Å². The highest BCUT2D eigenvalue weighted by atomic mass is 19.1. The molecule has 1 fully saturated rings. The number of hydrogen-bond acceptors (Lipinski definition) is 3. The van der Waals surface area contributed by atoms with Gasteiger partial charge in [-0.2, -0.15) is 0 Å². The molecular weight excluding hydrogens is 244 g/mol. The number of aliphatic hydroxyl groups excluding tert-OH is 1. The summed E-state index contributed by atoms with van der Waals surface area (Å²) in [5, 5.41) is 9.03. The van der Waals surface area contributed by atoms with Crippen molar-refractivity contribution >= 4 is 11.6 Å². The molecule has 1 saturated heterocycles. The summed E-state index contributed by atoms with van der Waals surface area (Å²) in [6, 6.07) is 1.76. The van der Waals surface area contributed by atoms with Gasteiger partial charge in [-0.3, -0.25) is 4.79 Å². The van der Waals surface area contributed by atoms with Gasteiger partial charge in [0.2, 0.25) is 5.91 Å². The first-order chi connectivity index (χ1) is 8.56. The summed E-state index contributed by atoms with van der Waals surface area (Å²) in [7, 11) is 1.25. The van der Waals surface area contributed by atoms with Gasteiger partial charge in [-0.15, -0.1) is 0 Å². The summed E-state index contributed by atoms with van der Waals surface area (Å²) in [6.07, 6.45) is 0.164. The van der Waals surface area contributed by atoms with Crippen LogP contribution < -0.4 is 9.64 Å². The van der Waals surface area contributed by atoms with Crippen LogP contribution in [0.25, 0.3) is 0 Å². The number of benzene rings is 1. The molecule has 1 atom stereocenters. The zero-order chi connectivity index (χ0) is 13.3. The van der Waals surface area contributed by atoms with Crippen molar-refractivity contribution in [2.75, 3.05) is 25.2 Å². The number of carbonyl (C=O) groups is 1. The number of rotatable bonds is 3. The van der Waals surface area contributed by atoms with E-state index in [1.54, 1.807) is 0 Å². The molecule has 0 radical (unpaired) electrons. The number of amides is 1. The molecular formula is C12H13F2NO3. The van der Waals surface area contributed by atoms with Gasteiger partial charge in [0.1, 0.15) is 5.82 Å². The second-order valence-corrected chi connectivity index (χ2v) is 4.20. The third-order valence-corrected chi connectivity index (χ3v) is 2.95. The smallest absolute Gasteiger partial charge is 0.227 e. The second-order valence-electron chi connectivity index (χ2n) is 4.20. The van der Waals surface area contributed by atoms with Crippen LogP contribution in [0.5, 0.6) is 5.75 Å². The first kappa shape index (κ1) is 12.8. The van der Waals surface area contributed by atoms with Gasteiger partial charge in [-0.05, 0) is 0 Å². The lowest BCUT2D eigenvalue weighted by Crippen LogP contribution is -2.25. The maximum atomic E-state index is 13.5. The molecule has 1 aliphatic rings. The molecule has 0 aromatic heterocycles. The number of ether oxygens (including phenoxy) is 1. The van der Waals surface area contributed by atoms with E-state index in [1.807, 2.05) is 0 Å². The van der Waals surface area contributed by atoms with Crippen LogP contribution in [0.1, 0.15) is 6.42 Å². The van der Waals surface area contributed by atoms with Crippen molar-refractivity contribution in [3.05, 3.63) is 23.8 Å². The van der Waals surface area contributed by atoms with Crippen LogP contribution in [-0.4, -0.2) is 31.3 Å². The molecule has 6 heteroatoms. The maximum Gasteiger partial charge on any atom is 0.227 e. The van der Waals surface area contributed by atoms with Gasteiger partial charge in [0.05, 0.1) is 12.8 Å². The molecule has 1 N–H and O–H groups in total. The molecule has 1 heterocycles. The number of anilines is 1. The van der Waals surface area contributed by atoms with Crippen molar-refractivity contribution in [2.45, 2.75) is 6.42 Å². The molecule has 0 saturated carbocycles. The number of aliphatic hydroxyl groups is 1. The second kappa shape index (κ2) is 4.89. The van der Waals surface area contributed by atoms with E-state index >= 15 is 0 Å². The SMILES string of the molecule is COc1c(F)cc(F)cc1N1CC(CO)CC1=O. The average Bonchev–Trinajstić information content (AvgIpc) is 2.69. The van der Waals surface area contributed by atoms with Crippen LogP contribution in [0, 0.1) is 17.6 Å². The fourth-order valence-electron chi connectivity index (χ4n) is 2.09. The molecule has 1 aromatic carbocycles. The van der Waals surface area contributed by atoms with E-state index in [0.29, 0.717) is 6.07 Å². The van der Waals surface area contributed by atoms with Gasteiger partial charge in [0, 0.05) is 37.6 Å². The first-order valence-electron chi connectivity index (χ1n) is 5.51. The molecule has 2 rings (SSSR count).